The molecule has 5 heavy (non-hydrogen) atoms. The quantitative estimate of drug-likeness (QED) is 0.416. The molecule has 0 saturated heterocycles. The van der Waals surface area contributed by atoms with Crippen LogP contribution in [0.5, 0.6) is 0 Å². The van der Waals surface area contributed by atoms with Gasteiger partial charge in [0.05, 0.1) is 0 Å². The zero-order valence-electron chi connectivity index (χ0n) is 1.50. The van der Waals surface area contributed by atoms with Gasteiger partial charge >= 0.3 is 103 Å². The standard InChI is InChI=1S/Ce.2K.2H2O.2H/h;;;2*1H2;;. The van der Waals surface area contributed by atoms with Gasteiger partial charge in [0.25, 0.3) is 0 Å². The van der Waals surface area contributed by atoms with Crippen LogP contribution in [0.25, 0.3) is 0 Å². The Morgan fingerprint density at radius 2 is 0.600 bits per heavy atom. The van der Waals surface area contributed by atoms with E-state index in [-0.39, 0.29) is 155 Å². The molecule has 0 fully saturated rings. The number of hydrogen-bond acceptors (Lipinski definition) is 0. The van der Waals surface area contributed by atoms with E-state index in [1.807, 2.05) is 0 Å². The van der Waals surface area contributed by atoms with Gasteiger partial charge in [-0.2, -0.15) is 0 Å². The van der Waals surface area contributed by atoms with Crippen LogP contribution in [-0.2, 0) is 0 Å². The first-order valence-corrected chi connectivity index (χ1v) is 0. The van der Waals surface area contributed by atoms with Gasteiger partial charge in [0.1, 0.15) is 0 Å². The van der Waals surface area contributed by atoms with Gasteiger partial charge in [-0.15, -0.1) is 0 Å². The summed E-state index contributed by atoms with van der Waals surface area (Å²) >= 11 is 0. The summed E-state index contributed by atoms with van der Waals surface area (Å²) in [6.45, 7) is 0. The Morgan fingerprint density at radius 3 is 0.600 bits per heavy atom. The molecular weight excluding hydrogens is 250 g/mol. The summed E-state index contributed by atoms with van der Waals surface area (Å²) in [6, 6.07) is 0. The fraction of sp³-hybridized carbons (Fsp3) is 0. The molecule has 0 aromatic rings. The predicted molar refractivity (Wildman–Crippen MR) is 21.5 cm³/mol. The molecule has 0 unspecified atom stereocenters. The van der Waals surface area contributed by atoms with Gasteiger partial charge in [-0.1, -0.05) is 0 Å². The molecule has 0 aliphatic carbocycles. The van der Waals surface area contributed by atoms with Crippen molar-refractivity contribution >= 4 is 103 Å². The van der Waals surface area contributed by atoms with E-state index in [9.17, 15) is 0 Å². The van der Waals surface area contributed by atoms with Crippen LogP contribution in [0.4, 0.5) is 0 Å². The summed E-state index contributed by atoms with van der Waals surface area (Å²) in [7, 11) is 0. The second kappa shape index (κ2) is 23.5. The summed E-state index contributed by atoms with van der Waals surface area (Å²) in [6.07, 6.45) is 0. The first-order chi connectivity index (χ1) is 0. The molecule has 0 amide bonds. The maximum atomic E-state index is 0. The summed E-state index contributed by atoms with van der Waals surface area (Å²) in [5.41, 5.74) is 0. The maximum absolute atomic E-state index is 0. The van der Waals surface area contributed by atoms with Crippen LogP contribution < -0.4 is 0 Å². The average molecular weight is 256 g/mol. The second-order valence-electron chi connectivity index (χ2n) is 0. The van der Waals surface area contributed by atoms with Crippen molar-refractivity contribution in [3.8, 4) is 0 Å². The Morgan fingerprint density at radius 1 is 0.600 bits per heavy atom. The Labute approximate surface area is 150 Å². The van der Waals surface area contributed by atoms with Crippen molar-refractivity contribution in [2.75, 3.05) is 0 Å². The fourth-order valence-electron chi connectivity index (χ4n) is 0. The van der Waals surface area contributed by atoms with Crippen molar-refractivity contribution in [2.45, 2.75) is 0 Å². The van der Waals surface area contributed by atoms with E-state index in [0.29, 0.717) is 0 Å². The number of rotatable bonds is 0. The van der Waals surface area contributed by atoms with Gasteiger partial charge < -0.3 is 11.0 Å². The Bertz CT molecular complexity index is 7.61. The van der Waals surface area contributed by atoms with Crippen molar-refractivity contribution in [3.63, 3.8) is 0 Å². The summed E-state index contributed by atoms with van der Waals surface area (Å²) in [4.78, 5) is 0. The van der Waals surface area contributed by atoms with E-state index < -0.39 is 0 Å². The fourth-order valence-corrected chi connectivity index (χ4v) is 0. The summed E-state index contributed by atoms with van der Waals surface area (Å²) < 4.78 is 0. The van der Waals surface area contributed by atoms with E-state index in [2.05, 4.69) is 0 Å². The molecule has 5 heteroatoms. The molecule has 0 atom stereocenters. The van der Waals surface area contributed by atoms with Crippen molar-refractivity contribution in [2.24, 2.45) is 0 Å². The van der Waals surface area contributed by atoms with Crippen LogP contribution >= 0.6 is 0 Å². The molecule has 0 bridgehead atoms. The zero-order valence-corrected chi connectivity index (χ0v) is 4.64. The molecule has 0 aliphatic heterocycles. The van der Waals surface area contributed by atoms with Crippen LogP contribution in [-0.4, -0.2) is 114 Å². The Kier molecular flexibility index (Phi) is 158. The van der Waals surface area contributed by atoms with Crippen LogP contribution in [0.1, 0.15) is 0 Å². The summed E-state index contributed by atoms with van der Waals surface area (Å²) in [5, 5.41) is 0. The number of hydrogen-bond donors (Lipinski definition) is 0. The SMILES string of the molecule is O.O.[Ce].[KH].[KH]. The molecule has 0 radical (unpaired) electrons. The van der Waals surface area contributed by atoms with Crippen LogP contribution in [0.3, 0.4) is 0 Å². The Balaban J connectivity index is 0. The van der Waals surface area contributed by atoms with E-state index in [1.165, 1.54) is 0 Å². The van der Waals surface area contributed by atoms with Crippen molar-refractivity contribution in [3.05, 3.63) is 0 Å². The van der Waals surface area contributed by atoms with E-state index in [0.717, 1.165) is 0 Å². The van der Waals surface area contributed by atoms with Crippen molar-refractivity contribution < 1.29 is 52.7 Å². The predicted octanol–water partition coefficient (Wildman–Crippen LogP) is -2.95. The second-order valence-corrected chi connectivity index (χ2v) is 0. The van der Waals surface area contributed by atoms with Crippen LogP contribution in [0.15, 0.2) is 0 Å². The van der Waals surface area contributed by atoms with Crippen molar-refractivity contribution in [1.82, 2.24) is 0 Å². The molecule has 24 valence electrons. The third kappa shape index (κ3) is 17.7. The van der Waals surface area contributed by atoms with Crippen molar-refractivity contribution in [1.29, 1.82) is 0 Å². The molecule has 0 aliphatic rings. The molecule has 0 rings (SSSR count). The van der Waals surface area contributed by atoms with Gasteiger partial charge in [0.2, 0.25) is 0 Å². The van der Waals surface area contributed by atoms with Gasteiger partial charge in [0, 0.05) is 41.7 Å². The molecule has 0 aromatic carbocycles. The van der Waals surface area contributed by atoms with Gasteiger partial charge in [-0.3, -0.25) is 0 Å². The normalized spacial score (nSPS) is 0. The van der Waals surface area contributed by atoms with E-state index in [1.54, 1.807) is 0 Å². The molecule has 0 spiro atoms. The molecule has 2 nitrogen and oxygen atoms in total. The van der Waals surface area contributed by atoms with Crippen LogP contribution in [0, 0.1) is 41.7 Å². The van der Waals surface area contributed by atoms with E-state index in [4.69, 9.17) is 0 Å². The topological polar surface area (TPSA) is 63.0 Å². The molecular formula is H6CeK2O2. The third-order valence-corrected chi connectivity index (χ3v) is 0. The van der Waals surface area contributed by atoms with E-state index >= 15 is 0 Å². The molecule has 0 heterocycles. The van der Waals surface area contributed by atoms with Crippen LogP contribution in [0.2, 0.25) is 0 Å². The van der Waals surface area contributed by atoms with Gasteiger partial charge in [-0.25, -0.2) is 0 Å². The minimum absolute atomic E-state index is 0. The molecule has 0 aromatic heterocycles. The first kappa shape index (κ1) is 33.7. The zero-order chi connectivity index (χ0) is 0. The van der Waals surface area contributed by atoms with Gasteiger partial charge in [-0.05, 0) is 0 Å². The Hall–Kier alpha value is 4.57. The molecule has 0 saturated carbocycles. The van der Waals surface area contributed by atoms with Gasteiger partial charge in [0.15, 0.2) is 0 Å². The minimum atomic E-state index is 0. The average Bonchev–Trinajstić information content (AvgIpc) is 0. The first-order valence-electron chi connectivity index (χ1n) is 0. The monoisotopic (exact) mass is 256 g/mol. The molecule has 4 N–H and O–H groups in total. The summed E-state index contributed by atoms with van der Waals surface area (Å²) in [5.74, 6) is 0. The third-order valence-electron chi connectivity index (χ3n) is 0.